The molecule has 11 heavy (non-hydrogen) atoms. The van der Waals surface area contributed by atoms with Gasteiger partial charge in [-0.05, 0) is 5.92 Å². The highest BCUT2D eigenvalue weighted by atomic mass is 16.2. The van der Waals surface area contributed by atoms with E-state index in [4.69, 9.17) is 0 Å². The Morgan fingerprint density at radius 3 is 2.91 bits per heavy atom. The molecule has 0 aliphatic carbocycles. The first-order valence-corrected chi connectivity index (χ1v) is 3.76. The molecule has 1 heterocycles. The topological polar surface area (TPSA) is 53.5 Å². The zero-order valence-corrected chi connectivity index (χ0v) is 6.85. The molecular formula is C7H13N3O. The Balaban J connectivity index is 2.23. The van der Waals surface area contributed by atoms with E-state index in [1.807, 2.05) is 0 Å². The van der Waals surface area contributed by atoms with Gasteiger partial charge in [0.25, 0.3) is 0 Å². The monoisotopic (exact) mass is 155 g/mol. The van der Waals surface area contributed by atoms with Crippen molar-refractivity contribution < 1.29 is 4.79 Å². The van der Waals surface area contributed by atoms with E-state index in [0.29, 0.717) is 11.9 Å². The van der Waals surface area contributed by atoms with Gasteiger partial charge in [-0.2, -0.15) is 0 Å². The zero-order valence-electron chi connectivity index (χ0n) is 6.85. The molecule has 2 N–H and O–H groups in total. The minimum absolute atomic E-state index is 0.0312. The van der Waals surface area contributed by atoms with Crippen molar-refractivity contribution in [2.75, 3.05) is 13.1 Å². The van der Waals surface area contributed by atoms with Crippen LogP contribution in [0.1, 0.15) is 13.8 Å². The second-order valence-corrected chi connectivity index (χ2v) is 2.99. The first kappa shape index (κ1) is 8.04. The minimum Gasteiger partial charge on any atom is -0.356 e. The largest absolute Gasteiger partial charge is 0.356 e. The third-order valence-corrected chi connectivity index (χ3v) is 1.32. The Bertz CT molecular complexity index is 186. The summed E-state index contributed by atoms with van der Waals surface area (Å²) in [5, 5.41) is 5.64. The van der Waals surface area contributed by atoms with Crippen molar-refractivity contribution in [3.05, 3.63) is 0 Å². The van der Waals surface area contributed by atoms with Crippen molar-refractivity contribution in [1.29, 1.82) is 0 Å². The van der Waals surface area contributed by atoms with Crippen LogP contribution >= 0.6 is 0 Å². The van der Waals surface area contributed by atoms with E-state index in [1.54, 1.807) is 0 Å². The van der Waals surface area contributed by atoms with Gasteiger partial charge < -0.3 is 5.32 Å². The highest BCUT2D eigenvalue weighted by Crippen LogP contribution is 1.89. The van der Waals surface area contributed by atoms with Gasteiger partial charge in [0.15, 0.2) is 5.96 Å². The number of aliphatic imine (C=N–C) groups is 1. The molecule has 62 valence electrons. The molecule has 0 unspecified atom stereocenters. The fourth-order valence-electron chi connectivity index (χ4n) is 0.763. The van der Waals surface area contributed by atoms with E-state index in [9.17, 15) is 4.79 Å². The van der Waals surface area contributed by atoms with Crippen molar-refractivity contribution in [3.63, 3.8) is 0 Å². The predicted molar refractivity (Wildman–Crippen MR) is 43.3 cm³/mol. The third kappa shape index (κ3) is 2.57. The lowest BCUT2D eigenvalue weighted by Gasteiger charge is -2.07. The van der Waals surface area contributed by atoms with Gasteiger partial charge in [0.1, 0.15) is 6.54 Å². The van der Waals surface area contributed by atoms with E-state index in [1.165, 1.54) is 0 Å². The van der Waals surface area contributed by atoms with Crippen LogP contribution in [-0.2, 0) is 4.79 Å². The molecule has 0 aromatic rings. The first-order valence-electron chi connectivity index (χ1n) is 3.76. The van der Waals surface area contributed by atoms with Gasteiger partial charge in [-0.15, -0.1) is 0 Å². The van der Waals surface area contributed by atoms with Gasteiger partial charge >= 0.3 is 0 Å². The van der Waals surface area contributed by atoms with Crippen molar-refractivity contribution in [1.82, 2.24) is 10.6 Å². The highest BCUT2D eigenvalue weighted by Gasteiger charge is 2.11. The summed E-state index contributed by atoms with van der Waals surface area (Å²) in [6, 6.07) is 0. The zero-order chi connectivity index (χ0) is 8.27. The predicted octanol–water partition coefficient (Wildman–Crippen LogP) is -0.282. The van der Waals surface area contributed by atoms with Crippen LogP contribution in [0.5, 0.6) is 0 Å². The van der Waals surface area contributed by atoms with Crippen molar-refractivity contribution in [2.45, 2.75) is 13.8 Å². The van der Waals surface area contributed by atoms with E-state index in [2.05, 4.69) is 29.5 Å². The summed E-state index contributed by atoms with van der Waals surface area (Å²) >= 11 is 0. The number of hydrogen-bond donors (Lipinski definition) is 2. The number of amides is 1. The molecule has 0 radical (unpaired) electrons. The molecule has 0 bridgehead atoms. The summed E-state index contributed by atoms with van der Waals surface area (Å²) in [6.45, 7) is 5.31. The molecule has 0 aromatic carbocycles. The van der Waals surface area contributed by atoms with Gasteiger partial charge in [0.2, 0.25) is 5.91 Å². The average molecular weight is 155 g/mol. The molecule has 1 amide bonds. The molecule has 1 rings (SSSR count). The summed E-state index contributed by atoms with van der Waals surface area (Å²) in [6.07, 6.45) is 0. The molecule has 0 fully saturated rings. The number of guanidine groups is 1. The van der Waals surface area contributed by atoms with Crippen molar-refractivity contribution in [2.24, 2.45) is 10.9 Å². The maximum atomic E-state index is 10.6. The SMILES string of the molecule is CC(C)CNC1=NCC(=O)N1. The fraction of sp³-hybridized carbons (Fsp3) is 0.714. The second-order valence-electron chi connectivity index (χ2n) is 2.99. The Kier molecular flexibility index (Phi) is 2.46. The van der Waals surface area contributed by atoms with Crippen LogP contribution in [0, 0.1) is 5.92 Å². The Morgan fingerprint density at radius 2 is 2.45 bits per heavy atom. The molecule has 0 saturated heterocycles. The molecule has 0 atom stereocenters. The molecule has 0 spiro atoms. The number of carbonyl (C=O) groups is 1. The number of nitrogens with one attached hydrogen (secondary N) is 2. The van der Waals surface area contributed by atoms with E-state index in [0.717, 1.165) is 6.54 Å². The molecule has 1 aliphatic heterocycles. The fourth-order valence-corrected chi connectivity index (χ4v) is 0.763. The lowest BCUT2D eigenvalue weighted by Crippen LogP contribution is -2.38. The van der Waals surface area contributed by atoms with Gasteiger partial charge in [-0.3, -0.25) is 10.1 Å². The maximum Gasteiger partial charge on any atom is 0.248 e. The van der Waals surface area contributed by atoms with Gasteiger partial charge in [-0.25, -0.2) is 4.99 Å². The number of nitrogens with zero attached hydrogens (tertiary/aromatic N) is 1. The molecular weight excluding hydrogens is 142 g/mol. The van der Waals surface area contributed by atoms with Gasteiger partial charge in [0.05, 0.1) is 0 Å². The smallest absolute Gasteiger partial charge is 0.248 e. The molecule has 4 nitrogen and oxygen atoms in total. The molecule has 1 aliphatic rings. The Hall–Kier alpha value is -1.06. The van der Waals surface area contributed by atoms with Crippen LogP contribution in [0.3, 0.4) is 0 Å². The lowest BCUT2D eigenvalue weighted by molar-refractivity contribution is -0.117. The lowest BCUT2D eigenvalue weighted by atomic mass is 10.2. The van der Waals surface area contributed by atoms with Crippen LogP contribution < -0.4 is 10.6 Å². The van der Waals surface area contributed by atoms with Gasteiger partial charge in [-0.1, -0.05) is 13.8 Å². The molecule has 0 saturated carbocycles. The van der Waals surface area contributed by atoms with Gasteiger partial charge in [0, 0.05) is 6.54 Å². The Labute approximate surface area is 66.1 Å². The molecule has 4 heteroatoms. The minimum atomic E-state index is -0.0312. The Morgan fingerprint density at radius 1 is 1.73 bits per heavy atom. The van der Waals surface area contributed by atoms with Crippen LogP contribution in [0.4, 0.5) is 0 Å². The third-order valence-electron chi connectivity index (χ3n) is 1.32. The van der Waals surface area contributed by atoms with Crippen LogP contribution in [0.25, 0.3) is 0 Å². The maximum absolute atomic E-state index is 10.6. The highest BCUT2D eigenvalue weighted by molar-refractivity contribution is 6.02. The van der Waals surface area contributed by atoms with E-state index >= 15 is 0 Å². The van der Waals surface area contributed by atoms with Crippen molar-refractivity contribution >= 4 is 11.9 Å². The summed E-state index contributed by atoms with van der Waals surface area (Å²) in [5.74, 6) is 1.15. The van der Waals surface area contributed by atoms with Crippen LogP contribution in [0.15, 0.2) is 4.99 Å². The van der Waals surface area contributed by atoms with Crippen molar-refractivity contribution in [3.8, 4) is 0 Å². The average Bonchev–Trinajstić information content (AvgIpc) is 2.31. The van der Waals surface area contributed by atoms with Crippen LogP contribution in [0.2, 0.25) is 0 Å². The summed E-state index contributed by atoms with van der Waals surface area (Å²) in [5.41, 5.74) is 0. The first-order chi connectivity index (χ1) is 5.18. The number of carbonyl (C=O) groups excluding carboxylic acids is 1. The van der Waals surface area contributed by atoms with Crippen LogP contribution in [-0.4, -0.2) is 25.0 Å². The summed E-state index contributed by atoms with van der Waals surface area (Å²) in [4.78, 5) is 14.6. The quantitative estimate of drug-likeness (QED) is 0.576. The van der Waals surface area contributed by atoms with E-state index < -0.39 is 0 Å². The molecule has 0 aromatic heterocycles. The van der Waals surface area contributed by atoms with E-state index in [-0.39, 0.29) is 12.5 Å². The number of rotatable bonds is 2. The number of hydrogen-bond acceptors (Lipinski definition) is 3. The summed E-state index contributed by atoms with van der Waals surface area (Å²) < 4.78 is 0. The second kappa shape index (κ2) is 3.37. The normalized spacial score (nSPS) is 16.6. The standard InChI is InChI=1S/C7H13N3O/c1-5(2)3-8-7-9-4-6(11)10-7/h5H,3-4H2,1-2H3,(H2,8,9,10,11). The summed E-state index contributed by atoms with van der Waals surface area (Å²) in [7, 11) is 0.